The summed E-state index contributed by atoms with van der Waals surface area (Å²) in [5.41, 5.74) is 0.780. The molecule has 0 unspecified atom stereocenters. The van der Waals surface area contributed by atoms with Crippen molar-refractivity contribution in [3.63, 3.8) is 0 Å². The topological polar surface area (TPSA) is 43.4 Å². The van der Waals surface area contributed by atoms with Gasteiger partial charge in [-0.05, 0) is 12.1 Å². The van der Waals surface area contributed by atoms with Gasteiger partial charge in [0.05, 0.1) is 13.2 Å². The molecular formula is C9H12N2O2S. The van der Waals surface area contributed by atoms with Gasteiger partial charge in [-0.2, -0.15) is 0 Å². The van der Waals surface area contributed by atoms with Crippen molar-refractivity contribution in [2.75, 3.05) is 17.9 Å². The summed E-state index contributed by atoms with van der Waals surface area (Å²) < 4.78 is 13.6. The predicted octanol–water partition coefficient (Wildman–Crippen LogP) is 1.51. The van der Waals surface area contributed by atoms with Crippen LogP contribution in [0.3, 0.4) is 0 Å². The monoisotopic (exact) mass is 212 g/mol. The Morgan fingerprint density at radius 3 is 3.29 bits per heavy atom. The highest BCUT2D eigenvalue weighted by Gasteiger charge is 2.18. The number of anilines is 1. The fraction of sp³-hybridized carbons (Fsp3) is 0.444. The summed E-state index contributed by atoms with van der Waals surface area (Å²) in [6, 6.07) is 3.70. The van der Waals surface area contributed by atoms with E-state index in [0.29, 0.717) is 12.5 Å². The zero-order valence-electron chi connectivity index (χ0n) is 7.64. The second kappa shape index (κ2) is 4.52. The van der Waals surface area contributed by atoms with Crippen LogP contribution in [0.2, 0.25) is 0 Å². The predicted molar refractivity (Wildman–Crippen MR) is 56.7 cm³/mol. The molecule has 1 aliphatic heterocycles. The van der Waals surface area contributed by atoms with Gasteiger partial charge in [0.15, 0.2) is 0 Å². The third-order valence-corrected chi connectivity index (χ3v) is 2.30. The third-order valence-electron chi connectivity index (χ3n) is 2.06. The number of ether oxygens (including phenoxy) is 2. The molecule has 1 saturated heterocycles. The second-order valence-corrected chi connectivity index (χ2v) is 3.29. The number of pyridine rings is 1. The Bertz CT molecular complexity index is 303. The summed E-state index contributed by atoms with van der Waals surface area (Å²) in [4.78, 5) is 4.12. The highest BCUT2D eigenvalue weighted by atomic mass is 32.1. The maximum atomic E-state index is 5.65. The average Bonchev–Trinajstić information content (AvgIpc) is 2.71. The van der Waals surface area contributed by atoms with Crippen molar-refractivity contribution in [1.82, 2.24) is 4.98 Å². The number of hydrogen-bond acceptors (Lipinski definition) is 5. The molecule has 1 fully saturated rings. The van der Waals surface area contributed by atoms with E-state index in [2.05, 4.69) is 22.5 Å². The normalized spacial score (nSPS) is 20.8. The number of rotatable bonds is 3. The highest BCUT2D eigenvalue weighted by Crippen LogP contribution is 2.23. The molecule has 0 saturated carbocycles. The van der Waals surface area contributed by atoms with Crippen molar-refractivity contribution in [2.24, 2.45) is 0 Å². The molecule has 0 aliphatic carbocycles. The zero-order chi connectivity index (χ0) is 9.80. The zero-order valence-corrected chi connectivity index (χ0v) is 8.54. The van der Waals surface area contributed by atoms with Gasteiger partial charge < -0.3 is 14.2 Å². The second-order valence-electron chi connectivity index (χ2n) is 3.07. The van der Waals surface area contributed by atoms with Crippen LogP contribution in [0.25, 0.3) is 0 Å². The maximum absolute atomic E-state index is 5.65. The van der Waals surface area contributed by atoms with Crippen molar-refractivity contribution in [2.45, 2.75) is 12.5 Å². The lowest BCUT2D eigenvalue weighted by atomic mass is 10.3. The molecule has 0 bridgehead atoms. The molecule has 2 heterocycles. The van der Waals surface area contributed by atoms with E-state index >= 15 is 0 Å². The van der Waals surface area contributed by atoms with Gasteiger partial charge in [-0.25, -0.2) is 4.98 Å². The van der Waals surface area contributed by atoms with Gasteiger partial charge in [0.25, 0.3) is 0 Å². The fourth-order valence-corrected chi connectivity index (χ4v) is 1.50. The number of thiol groups is 1. The summed E-state index contributed by atoms with van der Waals surface area (Å²) >= 11 is 3.98. The molecule has 76 valence electrons. The minimum atomic E-state index is 0.116. The van der Waals surface area contributed by atoms with Crippen LogP contribution in [0.4, 0.5) is 5.69 Å². The van der Waals surface area contributed by atoms with Gasteiger partial charge >= 0.3 is 0 Å². The summed E-state index contributed by atoms with van der Waals surface area (Å²) in [6.07, 6.45) is 2.73. The molecular weight excluding hydrogens is 200 g/mol. The van der Waals surface area contributed by atoms with Crippen molar-refractivity contribution in [3.05, 3.63) is 18.3 Å². The van der Waals surface area contributed by atoms with Crippen molar-refractivity contribution in [3.8, 4) is 5.88 Å². The Hall–Kier alpha value is -0.940. The Kier molecular flexibility index (Phi) is 3.10. The first-order valence-electron chi connectivity index (χ1n) is 4.49. The smallest absolute Gasteiger partial charge is 0.238 e. The summed E-state index contributed by atoms with van der Waals surface area (Å²) in [6.45, 7) is 1.41. The molecule has 1 atom stereocenters. The fourth-order valence-electron chi connectivity index (χ4n) is 1.33. The molecule has 1 aliphatic rings. The van der Waals surface area contributed by atoms with E-state index in [9.17, 15) is 0 Å². The summed E-state index contributed by atoms with van der Waals surface area (Å²) in [7, 11) is 0. The Morgan fingerprint density at radius 2 is 2.57 bits per heavy atom. The molecule has 1 aromatic heterocycles. The lowest BCUT2D eigenvalue weighted by molar-refractivity contribution is 0.138. The average molecular weight is 212 g/mol. The van der Waals surface area contributed by atoms with Crippen LogP contribution >= 0.6 is 12.8 Å². The highest BCUT2D eigenvalue weighted by molar-refractivity contribution is 7.81. The van der Waals surface area contributed by atoms with E-state index in [4.69, 9.17) is 9.47 Å². The van der Waals surface area contributed by atoms with E-state index < -0.39 is 0 Å². The lowest BCUT2D eigenvalue weighted by Crippen LogP contribution is -2.16. The number of nitrogens with zero attached hydrogens (tertiary/aromatic N) is 1. The van der Waals surface area contributed by atoms with Gasteiger partial charge in [0, 0.05) is 12.6 Å². The Balaban J connectivity index is 2.07. The minimum Gasteiger partial charge on any atom is -0.470 e. The summed E-state index contributed by atoms with van der Waals surface area (Å²) in [5, 5.41) is 0. The first-order chi connectivity index (χ1) is 6.90. The van der Waals surface area contributed by atoms with Gasteiger partial charge in [-0.15, -0.1) is 0 Å². The van der Waals surface area contributed by atoms with Crippen LogP contribution in [-0.4, -0.2) is 24.3 Å². The third kappa shape index (κ3) is 2.10. The van der Waals surface area contributed by atoms with Crippen LogP contribution < -0.4 is 9.46 Å². The van der Waals surface area contributed by atoms with Crippen molar-refractivity contribution >= 4 is 18.5 Å². The first kappa shape index (κ1) is 9.61. The van der Waals surface area contributed by atoms with Crippen LogP contribution in [0.15, 0.2) is 18.3 Å². The van der Waals surface area contributed by atoms with Crippen LogP contribution in [-0.2, 0) is 4.74 Å². The van der Waals surface area contributed by atoms with Crippen LogP contribution in [0.1, 0.15) is 6.42 Å². The van der Waals surface area contributed by atoms with E-state index in [-0.39, 0.29) is 6.10 Å². The molecule has 0 radical (unpaired) electrons. The SMILES string of the molecule is SNc1cccnc1O[C@@H]1CCOC1. The standard InChI is InChI=1S/C9H12N2O2S/c14-11-8-2-1-4-10-9(8)13-7-3-5-12-6-7/h1-2,4,7,11,14H,3,5-6H2/t7-/m1/s1. The molecule has 14 heavy (non-hydrogen) atoms. The quantitative estimate of drug-likeness (QED) is 0.745. The van der Waals surface area contributed by atoms with E-state index in [1.807, 2.05) is 12.1 Å². The molecule has 0 amide bonds. The van der Waals surface area contributed by atoms with Gasteiger partial charge in [-0.1, -0.05) is 12.8 Å². The molecule has 2 rings (SSSR count). The van der Waals surface area contributed by atoms with E-state index in [1.54, 1.807) is 6.20 Å². The van der Waals surface area contributed by atoms with Crippen LogP contribution in [0, 0.1) is 0 Å². The number of nitrogens with one attached hydrogen (secondary N) is 1. The van der Waals surface area contributed by atoms with Crippen LogP contribution in [0.5, 0.6) is 5.88 Å². The van der Waals surface area contributed by atoms with Crippen molar-refractivity contribution in [1.29, 1.82) is 0 Å². The van der Waals surface area contributed by atoms with Gasteiger partial charge in [0.1, 0.15) is 11.8 Å². The van der Waals surface area contributed by atoms with Gasteiger partial charge in [-0.3, -0.25) is 0 Å². The van der Waals surface area contributed by atoms with Crippen molar-refractivity contribution < 1.29 is 9.47 Å². The number of aromatic nitrogens is 1. The Morgan fingerprint density at radius 1 is 1.64 bits per heavy atom. The van der Waals surface area contributed by atoms with E-state index in [1.165, 1.54) is 0 Å². The number of hydrogen-bond donors (Lipinski definition) is 2. The Labute approximate surface area is 88.2 Å². The van der Waals surface area contributed by atoms with Gasteiger partial charge in [0.2, 0.25) is 5.88 Å². The summed E-state index contributed by atoms with van der Waals surface area (Å²) in [5.74, 6) is 0.581. The molecule has 1 aromatic rings. The maximum Gasteiger partial charge on any atom is 0.238 e. The molecule has 5 heteroatoms. The molecule has 1 N–H and O–H groups in total. The first-order valence-corrected chi connectivity index (χ1v) is 4.94. The molecule has 0 spiro atoms. The minimum absolute atomic E-state index is 0.116. The molecule has 4 nitrogen and oxygen atoms in total. The largest absolute Gasteiger partial charge is 0.470 e. The molecule has 0 aromatic carbocycles. The van der Waals surface area contributed by atoms with E-state index in [0.717, 1.165) is 18.7 Å². The lowest BCUT2D eigenvalue weighted by Gasteiger charge is -2.13.